The van der Waals surface area contributed by atoms with E-state index in [2.05, 4.69) is 15.0 Å². The molecule has 0 spiro atoms. The van der Waals surface area contributed by atoms with Crippen LogP contribution in [0.5, 0.6) is 5.75 Å². The topological polar surface area (TPSA) is 44.7 Å². The summed E-state index contributed by atoms with van der Waals surface area (Å²) in [6.45, 7) is 0.981. The van der Waals surface area contributed by atoms with Crippen molar-refractivity contribution in [2.75, 3.05) is 32.8 Å². The van der Waals surface area contributed by atoms with Crippen LogP contribution < -0.4 is 10.1 Å². The van der Waals surface area contributed by atoms with Crippen LogP contribution in [0.2, 0.25) is 0 Å². The Labute approximate surface area is 129 Å². The maximum absolute atomic E-state index is 12.1. The zero-order chi connectivity index (χ0) is 14.4. The Hall–Kier alpha value is -0.950. The Kier molecular flexibility index (Phi) is 7.88. The average Bonchev–Trinajstić information content (AvgIpc) is 2.46. The lowest BCUT2D eigenvalue weighted by Gasteiger charge is -2.35. The van der Waals surface area contributed by atoms with Gasteiger partial charge in [0.05, 0.1) is 0 Å². The monoisotopic (exact) mass is 322 g/mol. The highest BCUT2D eigenvalue weighted by Gasteiger charge is 2.21. The van der Waals surface area contributed by atoms with E-state index in [0.29, 0.717) is 6.42 Å². The summed E-state index contributed by atoms with van der Waals surface area (Å²) in [6, 6.07) is 6.80. The highest BCUT2D eigenvalue weighted by atomic mass is 35.5. The van der Waals surface area contributed by atoms with Gasteiger partial charge in [0.15, 0.2) is 0 Å². The van der Waals surface area contributed by atoms with Gasteiger partial charge in [0.25, 0.3) is 0 Å². The summed E-state index contributed by atoms with van der Waals surface area (Å²) in [6.07, 6.45) is 0.634. The highest BCUT2D eigenvalue weighted by molar-refractivity contribution is 5.85. The van der Waals surface area contributed by atoms with Gasteiger partial charge >= 0.3 is 6.61 Å². The van der Waals surface area contributed by atoms with E-state index in [9.17, 15) is 13.9 Å². The number of halogens is 3. The number of aliphatic hydroxyl groups excluding tert-OH is 1. The Morgan fingerprint density at radius 3 is 2.33 bits per heavy atom. The van der Waals surface area contributed by atoms with Gasteiger partial charge in [-0.05, 0) is 24.1 Å². The summed E-state index contributed by atoms with van der Waals surface area (Å²) in [7, 11) is 0. The lowest BCUT2D eigenvalue weighted by molar-refractivity contribution is -0.0498. The summed E-state index contributed by atoms with van der Waals surface area (Å²) in [4.78, 5) is 2.30. The predicted molar refractivity (Wildman–Crippen MR) is 79.2 cm³/mol. The molecule has 7 heteroatoms. The SMILES string of the molecule is Cl.OCC[C@H](c1ccc(OC(F)F)cc1)N1CCNCC1. The summed E-state index contributed by atoms with van der Waals surface area (Å²) in [5.41, 5.74) is 1.02. The van der Waals surface area contributed by atoms with Gasteiger partial charge in [-0.1, -0.05) is 12.1 Å². The van der Waals surface area contributed by atoms with Crippen LogP contribution in [0.25, 0.3) is 0 Å². The number of hydrogen-bond donors (Lipinski definition) is 2. The number of ether oxygens (including phenoxy) is 1. The van der Waals surface area contributed by atoms with E-state index < -0.39 is 6.61 Å². The van der Waals surface area contributed by atoms with Gasteiger partial charge in [-0.2, -0.15) is 8.78 Å². The molecule has 0 aliphatic carbocycles. The second-order valence-corrected chi connectivity index (χ2v) is 4.76. The number of hydrogen-bond acceptors (Lipinski definition) is 4. The molecular weight excluding hydrogens is 302 g/mol. The first kappa shape index (κ1) is 18.1. The van der Waals surface area contributed by atoms with E-state index in [0.717, 1.165) is 31.7 Å². The Bertz CT molecular complexity index is 400. The minimum atomic E-state index is -2.80. The van der Waals surface area contributed by atoms with Gasteiger partial charge in [-0.15, -0.1) is 12.4 Å². The molecule has 4 nitrogen and oxygen atoms in total. The van der Waals surface area contributed by atoms with Crippen LogP contribution in [0.3, 0.4) is 0 Å². The van der Waals surface area contributed by atoms with Gasteiger partial charge in [-0.3, -0.25) is 4.90 Å². The number of rotatable bonds is 6. The lowest BCUT2D eigenvalue weighted by atomic mass is 10.0. The van der Waals surface area contributed by atoms with Crippen LogP contribution in [0, 0.1) is 0 Å². The third-order valence-electron chi connectivity index (χ3n) is 3.48. The van der Waals surface area contributed by atoms with Crippen molar-refractivity contribution in [3.8, 4) is 5.75 Å². The van der Waals surface area contributed by atoms with E-state index in [4.69, 9.17) is 0 Å². The van der Waals surface area contributed by atoms with E-state index in [-0.39, 0.29) is 30.8 Å². The fourth-order valence-electron chi connectivity index (χ4n) is 2.55. The molecule has 21 heavy (non-hydrogen) atoms. The molecule has 1 saturated heterocycles. The standard InChI is InChI=1S/C14H20F2N2O2.ClH/c15-14(16)20-12-3-1-11(2-4-12)13(5-10-19)18-8-6-17-7-9-18;/h1-4,13-14,17,19H,5-10H2;1H/t13-;/m1./s1. The maximum atomic E-state index is 12.1. The van der Waals surface area contributed by atoms with Crippen molar-refractivity contribution in [3.05, 3.63) is 29.8 Å². The van der Waals surface area contributed by atoms with Gasteiger partial charge in [-0.25, -0.2) is 0 Å². The van der Waals surface area contributed by atoms with E-state index in [1.807, 2.05) is 0 Å². The van der Waals surface area contributed by atoms with E-state index in [1.165, 1.54) is 0 Å². The van der Waals surface area contributed by atoms with Crippen LogP contribution in [-0.4, -0.2) is 49.4 Å². The zero-order valence-corrected chi connectivity index (χ0v) is 12.5. The molecule has 0 aromatic heterocycles. The van der Waals surface area contributed by atoms with Crippen molar-refractivity contribution in [2.24, 2.45) is 0 Å². The first-order chi connectivity index (χ1) is 9.70. The molecule has 1 aliphatic rings. The van der Waals surface area contributed by atoms with Gasteiger partial charge in [0.2, 0.25) is 0 Å². The second kappa shape index (κ2) is 9.15. The molecule has 2 rings (SSSR count). The number of alkyl halides is 2. The largest absolute Gasteiger partial charge is 0.435 e. The summed E-state index contributed by atoms with van der Waals surface area (Å²) >= 11 is 0. The fraction of sp³-hybridized carbons (Fsp3) is 0.571. The molecule has 0 bridgehead atoms. The lowest BCUT2D eigenvalue weighted by Crippen LogP contribution is -2.45. The first-order valence-corrected chi connectivity index (χ1v) is 6.81. The van der Waals surface area contributed by atoms with Crippen LogP contribution in [0.4, 0.5) is 8.78 Å². The molecule has 1 aliphatic heterocycles. The maximum Gasteiger partial charge on any atom is 0.387 e. The highest BCUT2D eigenvalue weighted by Crippen LogP contribution is 2.26. The molecule has 1 fully saturated rings. The molecule has 0 saturated carbocycles. The zero-order valence-electron chi connectivity index (χ0n) is 11.7. The summed E-state index contributed by atoms with van der Waals surface area (Å²) < 4.78 is 28.6. The normalized spacial score (nSPS) is 17.3. The van der Waals surface area contributed by atoms with Crippen molar-refractivity contribution in [1.29, 1.82) is 0 Å². The third-order valence-corrected chi connectivity index (χ3v) is 3.48. The van der Waals surface area contributed by atoms with Crippen molar-refractivity contribution in [2.45, 2.75) is 19.1 Å². The fourth-order valence-corrected chi connectivity index (χ4v) is 2.55. The van der Waals surface area contributed by atoms with Crippen LogP contribution in [0.15, 0.2) is 24.3 Å². The molecule has 0 unspecified atom stereocenters. The van der Waals surface area contributed by atoms with Crippen molar-refractivity contribution >= 4 is 12.4 Å². The van der Waals surface area contributed by atoms with Crippen LogP contribution in [-0.2, 0) is 0 Å². The van der Waals surface area contributed by atoms with Gasteiger partial charge in [0.1, 0.15) is 5.75 Å². The van der Waals surface area contributed by atoms with E-state index >= 15 is 0 Å². The summed E-state index contributed by atoms with van der Waals surface area (Å²) in [5.74, 6) is 0.159. The first-order valence-electron chi connectivity index (χ1n) is 6.81. The molecular formula is C14H21ClF2N2O2. The van der Waals surface area contributed by atoms with Crippen LogP contribution >= 0.6 is 12.4 Å². The molecule has 2 N–H and O–H groups in total. The predicted octanol–water partition coefficient (Wildman–Crippen LogP) is 2.04. The quantitative estimate of drug-likeness (QED) is 0.841. The Morgan fingerprint density at radius 2 is 1.81 bits per heavy atom. The molecule has 1 aromatic carbocycles. The molecule has 120 valence electrons. The minimum Gasteiger partial charge on any atom is -0.435 e. The number of piperazine rings is 1. The summed E-state index contributed by atoms with van der Waals surface area (Å²) in [5, 5.41) is 12.5. The molecule has 1 heterocycles. The van der Waals surface area contributed by atoms with Gasteiger partial charge in [0, 0.05) is 38.8 Å². The molecule has 0 amide bonds. The van der Waals surface area contributed by atoms with Gasteiger partial charge < -0.3 is 15.2 Å². The Morgan fingerprint density at radius 1 is 1.19 bits per heavy atom. The number of aliphatic hydroxyl groups is 1. The van der Waals surface area contributed by atoms with Crippen LogP contribution in [0.1, 0.15) is 18.0 Å². The average molecular weight is 323 g/mol. The van der Waals surface area contributed by atoms with Crippen molar-refractivity contribution < 1.29 is 18.6 Å². The van der Waals surface area contributed by atoms with E-state index in [1.54, 1.807) is 24.3 Å². The second-order valence-electron chi connectivity index (χ2n) is 4.76. The minimum absolute atomic E-state index is 0. The smallest absolute Gasteiger partial charge is 0.387 e. The number of nitrogens with zero attached hydrogens (tertiary/aromatic N) is 1. The Balaban J connectivity index is 0.00000220. The molecule has 0 radical (unpaired) electrons. The molecule has 1 atom stereocenters. The molecule has 1 aromatic rings. The number of nitrogens with one attached hydrogen (secondary N) is 1. The third kappa shape index (κ3) is 5.39. The van der Waals surface area contributed by atoms with Crippen molar-refractivity contribution in [1.82, 2.24) is 10.2 Å². The van der Waals surface area contributed by atoms with Crippen molar-refractivity contribution in [3.63, 3.8) is 0 Å². The number of benzene rings is 1.